The van der Waals surface area contributed by atoms with Gasteiger partial charge in [-0.2, -0.15) is 15.0 Å². The molecule has 1 heterocycles. The number of halogens is 1. The predicted octanol–water partition coefficient (Wildman–Crippen LogP) is 0.884. The van der Waals surface area contributed by atoms with Crippen LogP contribution in [-0.4, -0.2) is 47.1 Å². The molecule has 0 radical (unpaired) electrons. The monoisotopic (exact) mass is 287 g/mol. The highest BCUT2D eigenvalue weighted by atomic mass is 35.5. The Kier molecular flexibility index (Phi) is 5.75. The summed E-state index contributed by atoms with van der Waals surface area (Å²) in [4.78, 5) is 25.1. The minimum absolute atomic E-state index is 0.0380. The summed E-state index contributed by atoms with van der Waals surface area (Å²) in [6.45, 7) is 6.33. The lowest BCUT2D eigenvalue weighted by Gasteiger charge is -2.20. The van der Waals surface area contributed by atoms with Gasteiger partial charge in [-0.25, -0.2) is 0 Å². The first-order chi connectivity index (χ1) is 8.96. The van der Waals surface area contributed by atoms with Crippen molar-refractivity contribution in [2.75, 3.05) is 25.0 Å². The number of aromatic nitrogens is 3. The van der Waals surface area contributed by atoms with Gasteiger partial charge >= 0.3 is 6.01 Å². The largest absolute Gasteiger partial charge is 0.461 e. The molecule has 0 saturated heterocycles. The normalized spacial score (nSPS) is 10.4. The van der Waals surface area contributed by atoms with Crippen LogP contribution in [-0.2, 0) is 4.79 Å². The quantitative estimate of drug-likeness (QED) is 0.837. The fourth-order valence-electron chi connectivity index (χ4n) is 1.30. The van der Waals surface area contributed by atoms with Crippen molar-refractivity contribution in [3.8, 4) is 6.01 Å². The van der Waals surface area contributed by atoms with Gasteiger partial charge in [-0.1, -0.05) is 0 Å². The van der Waals surface area contributed by atoms with Crippen LogP contribution in [0.2, 0.25) is 5.28 Å². The van der Waals surface area contributed by atoms with Gasteiger partial charge in [0.25, 0.3) is 0 Å². The SMILES string of the molecule is CCN(CC(=O)NC)c1nc(Cl)nc(OC(C)C)n1. The van der Waals surface area contributed by atoms with E-state index >= 15 is 0 Å². The average Bonchev–Trinajstić information content (AvgIpc) is 2.33. The molecule has 0 fully saturated rings. The van der Waals surface area contributed by atoms with Crippen LogP contribution < -0.4 is 15.0 Å². The lowest BCUT2D eigenvalue weighted by atomic mass is 10.5. The molecule has 19 heavy (non-hydrogen) atoms. The van der Waals surface area contributed by atoms with Gasteiger partial charge in [0.1, 0.15) is 0 Å². The number of likely N-dealkylation sites (N-methyl/N-ethyl adjacent to an activating group) is 2. The number of nitrogens with zero attached hydrogens (tertiary/aromatic N) is 4. The highest BCUT2D eigenvalue weighted by molar-refractivity contribution is 6.28. The van der Waals surface area contributed by atoms with E-state index in [0.29, 0.717) is 12.5 Å². The van der Waals surface area contributed by atoms with Crippen molar-refractivity contribution >= 4 is 23.5 Å². The Bertz CT molecular complexity index is 441. The van der Waals surface area contributed by atoms with Crippen molar-refractivity contribution in [1.29, 1.82) is 0 Å². The Morgan fingerprint density at radius 1 is 1.42 bits per heavy atom. The summed E-state index contributed by atoms with van der Waals surface area (Å²) in [5, 5.41) is 2.58. The number of carbonyl (C=O) groups is 1. The maximum Gasteiger partial charge on any atom is 0.322 e. The minimum atomic E-state index is -0.135. The first-order valence-electron chi connectivity index (χ1n) is 6.00. The van der Waals surface area contributed by atoms with Crippen molar-refractivity contribution in [1.82, 2.24) is 20.3 Å². The zero-order chi connectivity index (χ0) is 14.4. The maximum absolute atomic E-state index is 11.4. The van der Waals surface area contributed by atoms with Crippen LogP contribution in [0.15, 0.2) is 0 Å². The summed E-state index contributed by atoms with van der Waals surface area (Å²) in [7, 11) is 1.57. The van der Waals surface area contributed by atoms with Crippen LogP contribution in [0.4, 0.5) is 5.95 Å². The number of hydrogen-bond donors (Lipinski definition) is 1. The minimum Gasteiger partial charge on any atom is -0.461 e. The molecule has 0 atom stereocenters. The van der Waals surface area contributed by atoms with E-state index in [1.54, 1.807) is 11.9 Å². The van der Waals surface area contributed by atoms with Crippen molar-refractivity contribution in [3.63, 3.8) is 0 Å². The van der Waals surface area contributed by atoms with Gasteiger partial charge in [0.2, 0.25) is 17.1 Å². The number of rotatable bonds is 6. The highest BCUT2D eigenvalue weighted by Crippen LogP contribution is 2.15. The zero-order valence-corrected chi connectivity index (χ0v) is 12.2. The summed E-state index contributed by atoms with van der Waals surface area (Å²) in [5.74, 6) is 0.187. The number of nitrogens with one attached hydrogen (secondary N) is 1. The number of ether oxygens (including phenoxy) is 1. The van der Waals surface area contributed by atoms with Crippen LogP contribution in [0, 0.1) is 0 Å². The summed E-state index contributed by atoms with van der Waals surface area (Å²) >= 11 is 5.84. The number of carbonyl (C=O) groups excluding carboxylic acids is 1. The van der Waals surface area contributed by atoms with Gasteiger partial charge in [0.05, 0.1) is 12.6 Å². The van der Waals surface area contributed by atoms with E-state index in [1.165, 1.54) is 0 Å². The molecular weight excluding hydrogens is 270 g/mol. The Morgan fingerprint density at radius 2 is 2.11 bits per heavy atom. The third kappa shape index (κ3) is 4.86. The molecule has 1 amide bonds. The van der Waals surface area contributed by atoms with Gasteiger partial charge in [-0.05, 0) is 32.4 Å². The van der Waals surface area contributed by atoms with Crippen molar-refractivity contribution in [2.24, 2.45) is 0 Å². The molecule has 0 aliphatic heterocycles. The van der Waals surface area contributed by atoms with Crippen LogP contribution >= 0.6 is 11.6 Å². The highest BCUT2D eigenvalue weighted by Gasteiger charge is 2.15. The van der Waals surface area contributed by atoms with Crippen LogP contribution in [0.5, 0.6) is 6.01 Å². The fraction of sp³-hybridized carbons (Fsp3) is 0.636. The zero-order valence-electron chi connectivity index (χ0n) is 11.5. The van der Waals surface area contributed by atoms with E-state index in [4.69, 9.17) is 16.3 Å². The second-order valence-corrected chi connectivity index (χ2v) is 4.38. The van der Waals surface area contributed by atoms with E-state index in [9.17, 15) is 4.79 Å². The molecule has 8 heteroatoms. The summed E-state index contributed by atoms with van der Waals surface area (Å²) in [6.07, 6.45) is -0.0691. The third-order valence-electron chi connectivity index (χ3n) is 2.19. The third-order valence-corrected chi connectivity index (χ3v) is 2.36. The number of anilines is 1. The molecular formula is C11H18ClN5O2. The second kappa shape index (κ2) is 7.08. The summed E-state index contributed by atoms with van der Waals surface area (Å²) < 4.78 is 5.39. The van der Waals surface area contributed by atoms with Gasteiger partial charge in [-0.15, -0.1) is 0 Å². The van der Waals surface area contributed by atoms with Crippen LogP contribution in [0.3, 0.4) is 0 Å². The molecule has 0 spiro atoms. The molecule has 7 nitrogen and oxygen atoms in total. The molecule has 1 aromatic rings. The Labute approximate surface area is 117 Å². The lowest BCUT2D eigenvalue weighted by Crippen LogP contribution is -2.36. The molecule has 0 aliphatic rings. The first kappa shape index (κ1) is 15.4. The van der Waals surface area contributed by atoms with Crippen LogP contribution in [0.25, 0.3) is 0 Å². The van der Waals surface area contributed by atoms with E-state index < -0.39 is 0 Å². The first-order valence-corrected chi connectivity index (χ1v) is 6.37. The number of hydrogen-bond acceptors (Lipinski definition) is 6. The molecule has 0 aromatic carbocycles. The molecule has 1 rings (SSSR count). The van der Waals surface area contributed by atoms with Crippen molar-refractivity contribution in [3.05, 3.63) is 5.28 Å². The topological polar surface area (TPSA) is 80.2 Å². The Balaban J connectivity index is 2.96. The van der Waals surface area contributed by atoms with E-state index in [-0.39, 0.29) is 29.8 Å². The molecule has 0 aliphatic carbocycles. The summed E-state index contributed by atoms with van der Waals surface area (Å²) in [6, 6.07) is 0.153. The maximum atomic E-state index is 11.4. The Morgan fingerprint density at radius 3 is 2.63 bits per heavy atom. The average molecular weight is 288 g/mol. The lowest BCUT2D eigenvalue weighted by molar-refractivity contribution is -0.119. The molecule has 1 aromatic heterocycles. The fourth-order valence-corrected chi connectivity index (χ4v) is 1.45. The van der Waals surface area contributed by atoms with Crippen molar-refractivity contribution < 1.29 is 9.53 Å². The summed E-state index contributed by atoms with van der Waals surface area (Å²) in [5.41, 5.74) is 0. The molecule has 106 valence electrons. The standard InChI is InChI=1S/C11H18ClN5O2/c1-5-17(6-8(18)13-4)10-14-9(12)15-11(16-10)19-7(2)3/h7H,5-6H2,1-4H3,(H,13,18). The smallest absolute Gasteiger partial charge is 0.322 e. The molecule has 0 unspecified atom stereocenters. The van der Waals surface area contributed by atoms with Gasteiger partial charge in [0, 0.05) is 13.6 Å². The van der Waals surface area contributed by atoms with E-state index in [2.05, 4.69) is 20.3 Å². The van der Waals surface area contributed by atoms with E-state index in [0.717, 1.165) is 0 Å². The molecule has 1 N–H and O–H groups in total. The molecule has 0 saturated carbocycles. The Hall–Kier alpha value is -1.63. The number of amides is 1. The van der Waals surface area contributed by atoms with Gasteiger partial charge in [0.15, 0.2) is 0 Å². The van der Waals surface area contributed by atoms with Crippen LogP contribution in [0.1, 0.15) is 20.8 Å². The van der Waals surface area contributed by atoms with Gasteiger partial charge < -0.3 is 15.0 Å². The van der Waals surface area contributed by atoms with E-state index in [1.807, 2.05) is 20.8 Å². The molecule has 0 bridgehead atoms. The second-order valence-electron chi connectivity index (χ2n) is 4.04. The predicted molar refractivity (Wildman–Crippen MR) is 72.6 cm³/mol. The van der Waals surface area contributed by atoms with Crippen molar-refractivity contribution in [2.45, 2.75) is 26.9 Å². The van der Waals surface area contributed by atoms with Gasteiger partial charge in [-0.3, -0.25) is 4.79 Å².